The highest BCUT2D eigenvalue weighted by Crippen LogP contribution is 2.38. The minimum atomic E-state index is -3.72. The fraction of sp³-hybridized carbons (Fsp3) is 0. The molecule has 0 radical (unpaired) electrons. The zero-order chi connectivity index (χ0) is 16.6. The van der Waals surface area contributed by atoms with Gasteiger partial charge in [-0.05, 0) is 24.3 Å². The molecule has 0 aliphatic carbocycles. The molecule has 11 heteroatoms. The highest BCUT2D eigenvalue weighted by Gasteiger charge is 2.14. The van der Waals surface area contributed by atoms with Crippen LogP contribution in [0.3, 0.4) is 0 Å². The summed E-state index contributed by atoms with van der Waals surface area (Å²) in [4.78, 5) is 8.83. The van der Waals surface area contributed by atoms with Gasteiger partial charge in [-0.1, -0.05) is 11.3 Å². The van der Waals surface area contributed by atoms with E-state index in [0.29, 0.717) is 26.5 Å². The molecule has 0 unspecified atom stereocenters. The lowest BCUT2D eigenvalue weighted by Gasteiger charge is -2.03. The van der Waals surface area contributed by atoms with E-state index in [1.807, 2.05) is 0 Å². The smallest absolute Gasteiger partial charge is 0.238 e. The van der Waals surface area contributed by atoms with Crippen LogP contribution in [0.1, 0.15) is 0 Å². The number of aromatic nitrogens is 2. The first-order chi connectivity index (χ1) is 10.8. The van der Waals surface area contributed by atoms with Crippen LogP contribution in [-0.4, -0.2) is 23.5 Å². The Morgan fingerprint density at radius 3 is 2.43 bits per heavy atom. The number of hydrogen-bond donors (Lipinski definition) is 4. The van der Waals surface area contributed by atoms with Crippen molar-refractivity contribution in [3.8, 4) is 15.8 Å². The van der Waals surface area contributed by atoms with Crippen LogP contribution < -0.4 is 16.2 Å². The van der Waals surface area contributed by atoms with Crippen molar-refractivity contribution >= 4 is 49.3 Å². The van der Waals surface area contributed by atoms with Gasteiger partial charge in [-0.25, -0.2) is 23.5 Å². The maximum Gasteiger partial charge on any atom is 0.238 e. The van der Waals surface area contributed by atoms with Gasteiger partial charge in [0.05, 0.1) is 10.3 Å². The first-order valence-corrected chi connectivity index (χ1v) is 9.38. The molecule has 2 heterocycles. The lowest BCUT2D eigenvalue weighted by atomic mass is 10.3. The molecular formula is C12H11N5O3S3. The van der Waals surface area contributed by atoms with Crippen LogP contribution in [0.5, 0.6) is 5.88 Å². The van der Waals surface area contributed by atoms with Gasteiger partial charge < -0.3 is 16.2 Å². The van der Waals surface area contributed by atoms with Crippen molar-refractivity contribution in [2.45, 2.75) is 4.90 Å². The van der Waals surface area contributed by atoms with Crippen molar-refractivity contribution in [2.24, 2.45) is 5.14 Å². The predicted octanol–water partition coefficient (Wildman–Crippen LogP) is 1.95. The first-order valence-electron chi connectivity index (χ1n) is 6.14. The SMILES string of the molecule is Nc1nc(Nc2ccc(S(N)(=O)=O)cc2)sc1-c1nc(O)cs1. The fourth-order valence-corrected chi connectivity index (χ4v) is 3.96. The molecule has 0 saturated carbocycles. The summed E-state index contributed by atoms with van der Waals surface area (Å²) >= 11 is 2.54. The van der Waals surface area contributed by atoms with E-state index in [1.165, 1.54) is 40.2 Å². The molecule has 6 N–H and O–H groups in total. The van der Waals surface area contributed by atoms with Crippen LogP contribution in [0.15, 0.2) is 34.5 Å². The van der Waals surface area contributed by atoms with E-state index in [4.69, 9.17) is 10.9 Å². The van der Waals surface area contributed by atoms with Gasteiger partial charge >= 0.3 is 0 Å². The summed E-state index contributed by atoms with van der Waals surface area (Å²) in [5, 5.41) is 20.0. The average Bonchev–Trinajstić information content (AvgIpc) is 3.04. The number of rotatable bonds is 4. The van der Waals surface area contributed by atoms with Crippen molar-refractivity contribution < 1.29 is 13.5 Å². The van der Waals surface area contributed by atoms with Crippen LogP contribution in [-0.2, 0) is 10.0 Å². The summed E-state index contributed by atoms with van der Waals surface area (Å²) in [5.74, 6) is 0.235. The molecule has 0 amide bonds. The largest absolute Gasteiger partial charge is 0.493 e. The van der Waals surface area contributed by atoms with Crippen molar-refractivity contribution in [1.29, 1.82) is 0 Å². The van der Waals surface area contributed by atoms with E-state index < -0.39 is 10.0 Å². The molecule has 0 aliphatic rings. The molecule has 0 saturated heterocycles. The molecule has 0 fully saturated rings. The summed E-state index contributed by atoms with van der Waals surface area (Å²) in [6.45, 7) is 0. The molecule has 0 bridgehead atoms. The maximum absolute atomic E-state index is 11.2. The third kappa shape index (κ3) is 3.42. The standard InChI is InChI=1S/C12H11N5O3S3/c13-10-9(11-16-8(18)5-21-11)22-12(17-10)15-6-1-3-7(4-2-6)23(14,19)20/h1-5,18H,13H2,(H,15,17)(H2,14,19,20). The number of hydrogen-bond acceptors (Lipinski definition) is 9. The molecule has 0 spiro atoms. The number of sulfonamides is 1. The lowest BCUT2D eigenvalue weighted by Crippen LogP contribution is -2.11. The monoisotopic (exact) mass is 369 g/mol. The highest BCUT2D eigenvalue weighted by atomic mass is 32.2. The minimum absolute atomic E-state index is 0.0284. The van der Waals surface area contributed by atoms with E-state index in [1.54, 1.807) is 12.1 Å². The summed E-state index contributed by atoms with van der Waals surface area (Å²) in [7, 11) is -3.72. The summed E-state index contributed by atoms with van der Waals surface area (Å²) in [5.41, 5.74) is 6.50. The molecule has 1 aromatic carbocycles. The number of thiazole rings is 2. The Balaban J connectivity index is 1.84. The Morgan fingerprint density at radius 1 is 1.17 bits per heavy atom. The van der Waals surface area contributed by atoms with Gasteiger partial charge in [-0.15, -0.1) is 11.3 Å². The quantitative estimate of drug-likeness (QED) is 0.550. The number of nitrogens with zero attached hydrogens (tertiary/aromatic N) is 2. The maximum atomic E-state index is 11.2. The number of anilines is 3. The highest BCUT2D eigenvalue weighted by molar-refractivity contribution is 7.89. The minimum Gasteiger partial charge on any atom is -0.493 e. The number of primary sulfonamides is 1. The van der Waals surface area contributed by atoms with Gasteiger partial charge in [0.2, 0.25) is 15.9 Å². The van der Waals surface area contributed by atoms with Gasteiger partial charge in [0.1, 0.15) is 15.7 Å². The van der Waals surface area contributed by atoms with Crippen molar-refractivity contribution in [1.82, 2.24) is 9.97 Å². The van der Waals surface area contributed by atoms with Gasteiger partial charge in [-0.2, -0.15) is 0 Å². The van der Waals surface area contributed by atoms with Crippen molar-refractivity contribution in [3.63, 3.8) is 0 Å². The normalized spacial score (nSPS) is 11.5. The zero-order valence-corrected chi connectivity index (χ0v) is 13.9. The number of aromatic hydroxyl groups is 1. The van der Waals surface area contributed by atoms with Crippen LogP contribution in [0, 0.1) is 0 Å². The Morgan fingerprint density at radius 2 is 1.87 bits per heavy atom. The molecule has 120 valence electrons. The molecule has 2 aromatic heterocycles. The fourth-order valence-electron chi connectivity index (χ4n) is 1.76. The number of nitrogen functional groups attached to an aromatic ring is 1. The van der Waals surface area contributed by atoms with E-state index in [9.17, 15) is 13.5 Å². The first kappa shape index (κ1) is 15.7. The molecule has 23 heavy (non-hydrogen) atoms. The van der Waals surface area contributed by atoms with Crippen molar-refractivity contribution in [3.05, 3.63) is 29.6 Å². The summed E-state index contributed by atoms with van der Waals surface area (Å²) < 4.78 is 22.4. The van der Waals surface area contributed by atoms with Crippen LogP contribution >= 0.6 is 22.7 Å². The van der Waals surface area contributed by atoms with Gasteiger partial charge in [0.25, 0.3) is 0 Å². The van der Waals surface area contributed by atoms with E-state index in [2.05, 4.69) is 15.3 Å². The Kier molecular flexibility index (Phi) is 3.93. The Hall–Kier alpha value is -2.21. The number of benzene rings is 1. The zero-order valence-electron chi connectivity index (χ0n) is 11.4. The van der Waals surface area contributed by atoms with Gasteiger partial charge in [0, 0.05) is 5.69 Å². The predicted molar refractivity (Wildman–Crippen MR) is 90.4 cm³/mol. The molecule has 3 rings (SSSR count). The molecular weight excluding hydrogens is 358 g/mol. The van der Waals surface area contributed by atoms with Crippen LogP contribution in [0.25, 0.3) is 9.88 Å². The molecule has 3 aromatic rings. The Labute approximate surface area is 139 Å². The molecule has 0 aliphatic heterocycles. The van der Waals surface area contributed by atoms with Gasteiger partial charge in [0.15, 0.2) is 5.13 Å². The molecule has 0 atom stereocenters. The van der Waals surface area contributed by atoms with E-state index in [0.717, 1.165) is 0 Å². The third-order valence-electron chi connectivity index (χ3n) is 2.77. The van der Waals surface area contributed by atoms with Crippen LogP contribution in [0.4, 0.5) is 16.6 Å². The molecule has 8 nitrogen and oxygen atoms in total. The van der Waals surface area contributed by atoms with Gasteiger partial charge in [-0.3, -0.25) is 0 Å². The van der Waals surface area contributed by atoms with Crippen LogP contribution in [0.2, 0.25) is 0 Å². The second-order valence-corrected chi connectivity index (χ2v) is 7.86. The second-order valence-electron chi connectivity index (χ2n) is 4.44. The Bertz CT molecular complexity index is 947. The average molecular weight is 369 g/mol. The van der Waals surface area contributed by atoms with Crippen molar-refractivity contribution in [2.75, 3.05) is 11.1 Å². The van der Waals surface area contributed by atoms with E-state index >= 15 is 0 Å². The second kappa shape index (κ2) is 5.77. The number of nitrogens with two attached hydrogens (primary N) is 2. The topological polar surface area (TPSA) is 144 Å². The third-order valence-corrected chi connectivity index (χ3v) is 5.67. The number of nitrogens with one attached hydrogen (secondary N) is 1. The summed E-state index contributed by atoms with van der Waals surface area (Å²) in [6, 6.07) is 5.95. The summed E-state index contributed by atoms with van der Waals surface area (Å²) in [6.07, 6.45) is 0. The lowest BCUT2D eigenvalue weighted by molar-refractivity contribution is 0.458. The van der Waals surface area contributed by atoms with E-state index in [-0.39, 0.29) is 10.8 Å².